The Hall–Kier alpha value is -0.380. The van der Waals surface area contributed by atoms with Crippen LogP contribution in [0.1, 0.15) is 13.8 Å². The Bertz CT molecular complexity index is 93.0. The zero-order chi connectivity index (χ0) is 8.41. The van der Waals surface area contributed by atoms with Crippen molar-refractivity contribution in [3.05, 3.63) is 0 Å². The lowest BCUT2D eigenvalue weighted by Gasteiger charge is -1.89. The highest BCUT2D eigenvalue weighted by molar-refractivity contribution is 9.09. The number of rotatable bonds is 2. The number of ether oxygens (including phenoxy) is 1. The molecule has 60 valence electrons. The summed E-state index contributed by atoms with van der Waals surface area (Å²) in [6.45, 7) is 3.65. The molecule has 0 bridgehead atoms. The molecule has 0 radical (unpaired) electrons. The Kier molecular flexibility index (Phi) is 14.1. The van der Waals surface area contributed by atoms with Crippen LogP contribution in [0.2, 0.25) is 0 Å². The third kappa shape index (κ3) is 25.5. The summed E-state index contributed by atoms with van der Waals surface area (Å²) in [5.41, 5.74) is 0. The lowest BCUT2D eigenvalue weighted by molar-refractivity contribution is -0.140. The predicted molar refractivity (Wildman–Crippen MR) is 42.2 cm³/mol. The van der Waals surface area contributed by atoms with Crippen molar-refractivity contribution in [3.63, 3.8) is 0 Å². The van der Waals surface area contributed by atoms with Crippen molar-refractivity contribution in [2.45, 2.75) is 13.8 Å². The molecule has 0 heterocycles. The first-order valence-corrected chi connectivity index (χ1v) is 3.94. The van der Waals surface area contributed by atoms with E-state index >= 15 is 0 Å². The highest BCUT2D eigenvalue weighted by Crippen LogP contribution is 1.69. The highest BCUT2D eigenvalue weighted by atomic mass is 79.9. The van der Waals surface area contributed by atoms with Crippen LogP contribution < -0.4 is 0 Å². The summed E-state index contributed by atoms with van der Waals surface area (Å²) >= 11 is 2.88. The SMILES string of the molecule is CCOC(C)=O.O=CCBr. The molecule has 4 heteroatoms. The van der Waals surface area contributed by atoms with Gasteiger partial charge in [0.25, 0.3) is 0 Å². The summed E-state index contributed by atoms with van der Waals surface area (Å²) in [7, 11) is 0. The lowest BCUT2D eigenvalue weighted by Crippen LogP contribution is -1.95. The van der Waals surface area contributed by atoms with E-state index in [1.54, 1.807) is 6.92 Å². The molecule has 0 aromatic carbocycles. The number of halogens is 1. The van der Waals surface area contributed by atoms with Gasteiger partial charge in [-0.1, -0.05) is 15.9 Å². The molecule has 0 aromatic rings. The largest absolute Gasteiger partial charge is 0.466 e. The van der Waals surface area contributed by atoms with Crippen molar-refractivity contribution >= 4 is 28.2 Å². The molecule has 0 saturated carbocycles. The molecule has 0 unspecified atom stereocenters. The molecule has 0 rings (SSSR count). The van der Waals surface area contributed by atoms with Crippen LogP contribution in [0.25, 0.3) is 0 Å². The number of aldehydes is 1. The second-order valence-corrected chi connectivity index (χ2v) is 1.89. The van der Waals surface area contributed by atoms with Crippen LogP contribution in [-0.4, -0.2) is 24.2 Å². The van der Waals surface area contributed by atoms with Crippen molar-refractivity contribution in [2.75, 3.05) is 11.9 Å². The van der Waals surface area contributed by atoms with Crippen LogP contribution in [0.3, 0.4) is 0 Å². The van der Waals surface area contributed by atoms with Gasteiger partial charge in [0.05, 0.1) is 11.9 Å². The van der Waals surface area contributed by atoms with Gasteiger partial charge in [-0.3, -0.25) is 4.79 Å². The number of alkyl halides is 1. The third-order valence-corrected chi connectivity index (χ3v) is 0.675. The molecule has 0 N–H and O–H groups in total. The van der Waals surface area contributed by atoms with E-state index in [4.69, 9.17) is 4.79 Å². The molecule has 10 heavy (non-hydrogen) atoms. The molecule has 0 spiro atoms. The number of carbonyl (C=O) groups excluding carboxylic acids is 2. The zero-order valence-corrected chi connectivity index (χ0v) is 7.68. The van der Waals surface area contributed by atoms with Crippen LogP contribution >= 0.6 is 15.9 Å². The standard InChI is InChI=1S/C4H8O2.C2H3BrO/c1-3-6-4(2)5;3-1-2-4/h3H2,1-2H3;2H,1H2. The van der Waals surface area contributed by atoms with Crippen LogP contribution in [0.5, 0.6) is 0 Å². The minimum Gasteiger partial charge on any atom is -0.466 e. The molecular weight excluding hydrogens is 200 g/mol. The summed E-state index contributed by atoms with van der Waals surface area (Å²) in [5.74, 6) is -0.211. The van der Waals surface area contributed by atoms with Crippen molar-refractivity contribution in [2.24, 2.45) is 0 Å². The minimum absolute atomic E-state index is 0.211. The van der Waals surface area contributed by atoms with Crippen LogP contribution in [0.4, 0.5) is 0 Å². The zero-order valence-electron chi connectivity index (χ0n) is 6.09. The Morgan fingerprint density at radius 1 is 1.70 bits per heavy atom. The molecule has 3 nitrogen and oxygen atoms in total. The third-order valence-electron chi connectivity index (χ3n) is 0.411. The summed E-state index contributed by atoms with van der Waals surface area (Å²) in [5, 5.41) is 0.451. The maximum Gasteiger partial charge on any atom is 0.302 e. The van der Waals surface area contributed by atoms with Crippen molar-refractivity contribution < 1.29 is 14.3 Å². The molecule has 0 aliphatic carbocycles. The summed E-state index contributed by atoms with van der Waals surface area (Å²) < 4.78 is 4.40. The van der Waals surface area contributed by atoms with Gasteiger partial charge in [0.2, 0.25) is 0 Å². The maximum absolute atomic E-state index is 9.82. The van der Waals surface area contributed by atoms with Crippen LogP contribution in [0.15, 0.2) is 0 Å². The van der Waals surface area contributed by atoms with Gasteiger partial charge in [-0.05, 0) is 6.92 Å². The predicted octanol–water partition coefficient (Wildman–Crippen LogP) is 1.15. The first-order valence-electron chi connectivity index (χ1n) is 2.82. The Balaban J connectivity index is 0. The van der Waals surface area contributed by atoms with E-state index < -0.39 is 0 Å². The van der Waals surface area contributed by atoms with Gasteiger partial charge in [0, 0.05) is 6.92 Å². The Morgan fingerprint density at radius 2 is 2.10 bits per heavy atom. The number of hydrogen-bond acceptors (Lipinski definition) is 3. The topological polar surface area (TPSA) is 43.4 Å². The first-order chi connectivity index (χ1) is 4.68. The second-order valence-electron chi connectivity index (χ2n) is 1.25. The van der Waals surface area contributed by atoms with E-state index in [0.717, 1.165) is 6.29 Å². The molecule has 0 amide bonds. The molecule has 0 saturated heterocycles. The average molecular weight is 211 g/mol. The molecule has 0 aromatic heterocycles. The first kappa shape index (κ1) is 12.3. The molecule has 0 fully saturated rings. The minimum atomic E-state index is -0.211. The van der Waals surface area contributed by atoms with Gasteiger partial charge in [-0.25, -0.2) is 0 Å². The summed E-state index contributed by atoms with van der Waals surface area (Å²) in [6.07, 6.45) is 0.792. The number of esters is 1. The van der Waals surface area contributed by atoms with Gasteiger partial charge in [0.1, 0.15) is 6.29 Å². The number of carbonyl (C=O) groups is 2. The van der Waals surface area contributed by atoms with Crippen LogP contribution in [-0.2, 0) is 14.3 Å². The second kappa shape index (κ2) is 11.4. The monoisotopic (exact) mass is 210 g/mol. The Labute approximate surface area is 68.9 Å². The lowest BCUT2D eigenvalue weighted by atomic mass is 10.8. The van der Waals surface area contributed by atoms with E-state index in [1.807, 2.05) is 0 Å². The quantitative estimate of drug-likeness (QED) is 0.391. The molecule has 0 aliphatic heterocycles. The van der Waals surface area contributed by atoms with Crippen molar-refractivity contribution in [1.29, 1.82) is 0 Å². The average Bonchev–Trinajstić information content (AvgIpc) is 1.89. The van der Waals surface area contributed by atoms with Crippen LogP contribution in [0, 0.1) is 0 Å². The fraction of sp³-hybridized carbons (Fsp3) is 0.667. The van der Waals surface area contributed by atoms with Crippen molar-refractivity contribution in [1.82, 2.24) is 0 Å². The summed E-state index contributed by atoms with van der Waals surface area (Å²) in [4.78, 5) is 18.9. The molecular formula is C6H11BrO3. The van der Waals surface area contributed by atoms with E-state index in [0.29, 0.717) is 11.9 Å². The van der Waals surface area contributed by atoms with E-state index in [1.165, 1.54) is 6.92 Å². The fourth-order valence-corrected chi connectivity index (χ4v) is 0.203. The molecule has 0 aliphatic rings. The smallest absolute Gasteiger partial charge is 0.302 e. The normalized spacial score (nSPS) is 7.10. The van der Waals surface area contributed by atoms with E-state index in [9.17, 15) is 4.79 Å². The van der Waals surface area contributed by atoms with Gasteiger partial charge < -0.3 is 9.53 Å². The van der Waals surface area contributed by atoms with Crippen molar-refractivity contribution in [3.8, 4) is 0 Å². The molecule has 0 atom stereocenters. The van der Waals surface area contributed by atoms with E-state index in [-0.39, 0.29) is 5.97 Å². The highest BCUT2D eigenvalue weighted by Gasteiger charge is 1.81. The van der Waals surface area contributed by atoms with Gasteiger partial charge in [-0.15, -0.1) is 0 Å². The maximum atomic E-state index is 9.82. The fourth-order valence-electron chi connectivity index (χ4n) is 0.203. The number of hydrogen-bond donors (Lipinski definition) is 0. The van der Waals surface area contributed by atoms with Gasteiger partial charge >= 0.3 is 5.97 Å². The van der Waals surface area contributed by atoms with E-state index in [2.05, 4.69) is 20.7 Å². The Morgan fingerprint density at radius 3 is 2.10 bits per heavy atom. The summed E-state index contributed by atoms with van der Waals surface area (Å²) in [6, 6.07) is 0. The van der Waals surface area contributed by atoms with Gasteiger partial charge in [-0.2, -0.15) is 0 Å². The van der Waals surface area contributed by atoms with Gasteiger partial charge in [0.15, 0.2) is 0 Å².